The molecule has 0 bridgehead atoms. The molecule has 1 aromatic carbocycles. The predicted molar refractivity (Wildman–Crippen MR) is 62.8 cm³/mol. The highest BCUT2D eigenvalue weighted by Gasteiger charge is 2.18. The molecule has 0 radical (unpaired) electrons. The van der Waals surface area contributed by atoms with E-state index >= 15 is 0 Å². The Labute approximate surface area is 94.5 Å². The van der Waals surface area contributed by atoms with E-state index in [0.29, 0.717) is 6.04 Å². The van der Waals surface area contributed by atoms with E-state index in [0.717, 1.165) is 24.3 Å². The van der Waals surface area contributed by atoms with Gasteiger partial charge in [0.1, 0.15) is 5.82 Å². The lowest BCUT2D eigenvalue weighted by molar-refractivity contribution is 0.504. The van der Waals surface area contributed by atoms with Gasteiger partial charge in [-0.25, -0.2) is 4.39 Å². The second-order valence-electron chi connectivity index (χ2n) is 3.78. The Bertz CT molecular complexity index is 340. The van der Waals surface area contributed by atoms with Crippen LogP contribution in [0.2, 0.25) is 0 Å². The van der Waals surface area contributed by atoms with E-state index in [1.165, 1.54) is 11.3 Å². The lowest BCUT2D eigenvalue weighted by Gasteiger charge is -2.17. The van der Waals surface area contributed by atoms with Gasteiger partial charge >= 0.3 is 0 Å². The van der Waals surface area contributed by atoms with Crippen molar-refractivity contribution in [3.8, 4) is 0 Å². The van der Waals surface area contributed by atoms with Gasteiger partial charge in [0.25, 0.3) is 0 Å². The molecule has 1 aliphatic heterocycles. The lowest BCUT2D eigenvalue weighted by atomic mass is 10.0. The van der Waals surface area contributed by atoms with Crippen LogP contribution in [0.3, 0.4) is 0 Å². The van der Waals surface area contributed by atoms with Crippen molar-refractivity contribution in [1.82, 2.24) is 5.32 Å². The van der Waals surface area contributed by atoms with Crippen LogP contribution < -0.4 is 5.32 Å². The van der Waals surface area contributed by atoms with Crippen molar-refractivity contribution in [3.05, 3.63) is 29.6 Å². The van der Waals surface area contributed by atoms with E-state index in [-0.39, 0.29) is 5.82 Å². The molecule has 1 aromatic rings. The molecular formula is C12H16FNS. The third-order valence-electron chi connectivity index (χ3n) is 2.69. The van der Waals surface area contributed by atoms with Crippen LogP contribution in [0.5, 0.6) is 0 Å². The van der Waals surface area contributed by atoms with Crippen molar-refractivity contribution in [2.45, 2.75) is 30.7 Å². The van der Waals surface area contributed by atoms with E-state index in [2.05, 4.69) is 12.2 Å². The summed E-state index contributed by atoms with van der Waals surface area (Å²) in [5, 5.41) is 3.43. The number of halogens is 1. The summed E-state index contributed by atoms with van der Waals surface area (Å²) in [5.41, 5.74) is 1.14. The zero-order valence-corrected chi connectivity index (χ0v) is 9.74. The van der Waals surface area contributed by atoms with E-state index < -0.39 is 0 Å². The van der Waals surface area contributed by atoms with E-state index in [1.54, 1.807) is 12.1 Å². The molecule has 3 heteroatoms. The third kappa shape index (κ3) is 2.52. The molecule has 15 heavy (non-hydrogen) atoms. The largest absolute Gasteiger partial charge is 0.310 e. The molecule has 0 aliphatic carbocycles. The number of fused-ring (bicyclic) bond motifs is 1. The normalized spacial score (nSPS) is 20.8. The van der Waals surface area contributed by atoms with Gasteiger partial charge in [0.2, 0.25) is 0 Å². The van der Waals surface area contributed by atoms with E-state index in [1.807, 2.05) is 17.8 Å². The van der Waals surface area contributed by atoms with Gasteiger partial charge in [-0.3, -0.25) is 0 Å². The summed E-state index contributed by atoms with van der Waals surface area (Å²) >= 11 is 1.84. The molecule has 0 saturated carbocycles. The third-order valence-corrected chi connectivity index (χ3v) is 3.87. The van der Waals surface area contributed by atoms with Gasteiger partial charge in [-0.1, -0.05) is 6.92 Å². The minimum absolute atomic E-state index is 0.126. The minimum Gasteiger partial charge on any atom is -0.310 e. The van der Waals surface area contributed by atoms with Crippen molar-refractivity contribution in [1.29, 1.82) is 0 Å². The van der Waals surface area contributed by atoms with Crippen LogP contribution in [0, 0.1) is 5.82 Å². The van der Waals surface area contributed by atoms with Gasteiger partial charge in [0.15, 0.2) is 0 Å². The Hall–Kier alpha value is -0.540. The monoisotopic (exact) mass is 225 g/mol. The van der Waals surface area contributed by atoms with Crippen molar-refractivity contribution < 1.29 is 4.39 Å². The molecule has 82 valence electrons. The summed E-state index contributed by atoms with van der Waals surface area (Å²) in [6, 6.07) is 5.47. The highest BCUT2D eigenvalue weighted by molar-refractivity contribution is 7.99. The van der Waals surface area contributed by atoms with E-state index in [4.69, 9.17) is 0 Å². The maximum absolute atomic E-state index is 13.2. The zero-order valence-electron chi connectivity index (χ0n) is 8.92. The zero-order chi connectivity index (χ0) is 10.7. The van der Waals surface area contributed by atoms with E-state index in [9.17, 15) is 4.39 Å². The smallest absolute Gasteiger partial charge is 0.123 e. The number of benzene rings is 1. The average molecular weight is 225 g/mol. The first-order valence-corrected chi connectivity index (χ1v) is 6.45. The molecule has 0 aromatic heterocycles. The summed E-state index contributed by atoms with van der Waals surface area (Å²) in [4.78, 5) is 1.24. The van der Waals surface area contributed by atoms with Gasteiger partial charge in [0, 0.05) is 10.9 Å². The second-order valence-corrected chi connectivity index (χ2v) is 4.92. The van der Waals surface area contributed by atoms with Gasteiger partial charge in [0.05, 0.1) is 0 Å². The van der Waals surface area contributed by atoms with Crippen molar-refractivity contribution >= 4 is 11.8 Å². The molecular weight excluding hydrogens is 209 g/mol. The second kappa shape index (κ2) is 4.99. The fraction of sp³-hybridized carbons (Fsp3) is 0.500. The molecule has 1 N–H and O–H groups in total. The molecule has 1 heterocycles. The fourth-order valence-corrected chi connectivity index (χ4v) is 3.07. The lowest BCUT2D eigenvalue weighted by Crippen LogP contribution is -2.20. The molecule has 0 amide bonds. The molecule has 0 spiro atoms. The van der Waals surface area contributed by atoms with Crippen molar-refractivity contribution in [2.75, 3.05) is 12.3 Å². The fourth-order valence-electron chi connectivity index (χ4n) is 2.01. The topological polar surface area (TPSA) is 12.0 Å². The van der Waals surface area contributed by atoms with Crippen LogP contribution in [-0.4, -0.2) is 12.3 Å². The molecule has 1 nitrogen and oxygen atoms in total. The minimum atomic E-state index is -0.126. The van der Waals surface area contributed by atoms with Crippen LogP contribution in [0.25, 0.3) is 0 Å². The number of rotatable bonds is 2. The molecule has 0 saturated heterocycles. The summed E-state index contributed by atoms with van der Waals surface area (Å²) in [6.07, 6.45) is 2.30. The van der Waals surface area contributed by atoms with Gasteiger partial charge in [-0.2, -0.15) is 0 Å². The predicted octanol–water partition coefficient (Wildman–Crippen LogP) is 3.36. The first-order chi connectivity index (χ1) is 7.31. The first-order valence-electron chi connectivity index (χ1n) is 5.47. The number of hydrogen-bond acceptors (Lipinski definition) is 2. The van der Waals surface area contributed by atoms with Gasteiger partial charge < -0.3 is 5.32 Å². The summed E-state index contributed by atoms with van der Waals surface area (Å²) in [6.45, 7) is 3.03. The number of thioether (sulfide) groups is 1. The van der Waals surface area contributed by atoms with Gasteiger partial charge in [-0.15, -0.1) is 11.8 Å². The number of nitrogens with one attached hydrogen (secondary N) is 1. The highest BCUT2D eigenvalue weighted by Crippen LogP contribution is 2.34. The summed E-state index contributed by atoms with van der Waals surface area (Å²) in [7, 11) is 0. The van der Waals surface area contributed by atoms with Crippen molar-refractivity contribution in [3.63, 3.8) is 0 Å². The molecule has 1 unspecified atom stereocenters. The van der Waals surface area contributed by atoms with Crippen LogP contribution in [0.1, 0.15) is 31.4 Å². The Morgan fingerprint density at radius 3 is 3.20 bits per heavy atom. The highest BCUT2D eigenvalue weighted by atomic mass is 32.2. The molecule has 2 rings (SSSR count). The SMILES string of the molecule is CCNC1CCCSc2ccc(F)cc21. The summed E-state index contributed by atoms with van der Waals surface area (Å²) < 4.78 is 13.2. The Kier molecular flexibility index (Phi) is 3.65. The first kappa shape index (κ1) is 11.0. The molecule has 0 fully saturated rings. The maximum Gasteiger partial charge on any atom is 0.123 e. The van der Waals surface area contributed by atoms with Crippen LogP contribution in [0.4, 0.5) is 4.39 Å². The van der Waals surface area contributed by atoms with Crippen molar-refractivity contribution in [2.24, 2.45) is 0 Å². The van der Waals surface area contributed by atoms with Crippen LogP contribution >= 0.6 is 11.8 Å². The number of hydrogen-bond donors (Lipinski definition) is 1. The molecule has 1 aliphatic rings. The van der Waals surface area contributed by atoms with Crippen LogP contribution in [-0.2, 0) is 0 Å². The van der Waals surface area contributed by atoms with Crippen LogP contribution in [0.15, 0.2) is 23.1 Å². The average Bonchev–Trinajstić information content (AvgIpc) is 2.42. The Morgan fingerprint density at radius 2 is 2.40 bits per heavy atom. The maximum atomic E-state index is 13.2. The quantitative estimate of drug-likeness (QED) is 0.828. The molecule has 1 atom stereocenters. The standard InChI is InChI=1S/C12H16FNS/c1-2-14-11-4-3-7-15-12-6-5-9(13)8-10(11)12/h5-6,8,11,14H,2-4,7H2,1H3. The summed E-state index contributed by atoms with van der Waals surface area (Å²) in [5.74, 6) is 1.01. The van der Waals surface area contributed by atoms with Gasteiger partial charge in [-0.05, 0) is 48.9 Å². The Morgan fingerprint density at radius 1 is 1.53 bits per heavy atom. The Balaban J connectivity index is 2.33.